The standard InChI is InChI=1S/C16H14BrN3O3/c1-8-10-7-9(17)3-4-11(10)22-14(21)12(8)13-19-15(20-23-13)16(18)5-2-6-16/h3-4,7H,2,5-6,18H2,1H3. The third-order valence-electron chi connectivity index (χ3n) is 4.46. The number of aryl methyl sites for hydroxylation is 1. The van der Waals surface area contributed by atoms with Gasteiger partial charge in [-0.2, -0.15) is 4.98 Å². The van der Waals surface area contributed by atoms with Crippen molar-refractivity contribution in [2.75, 3.05) is 0 Å². The average molecular weight is 376 g/mol. The maximum atomic E-state index is 12.3. The van der Waals surface area contributed by atoms with Gasteiger partial charge in [-0.1, -0.05) is 21.1 Å². The number of fused-ring (bicyclic) bond motifs is 1. The number of nitrogens with zero attached hydrogens (tertiary/aromatic N) is 2. The van der Waals surface area contributed by atoms with Crippen LogP contribution < -0.4 is 11.4 Å². The molecular weight excluding hydrogens is 362 g/mol. The van der Waals surface area contributed by atoms with E-state index in [1.54, 1.807) is 6.07 Å². The van der Waals surface area contributed by atoms with E-state index in [9.17, 15) is 4.79 Å². The van der Waals surface area contributed by atoms with Crippen molar-refractivity contribution in [1.29, 1.82) is 0 Å². The van der Waals surface area contributed by atoms with Crippen LogP contribution in [0.2, 0.25) is 0 Å². The predicted octanol–water partition coefficient (Wildman–Crippen LogP) is 3.25. The smallest absolute Gasteiger partial charge is 0.349 e. The molecule has 0 atom stereocenters. The summed E-state index contributed by atoms with van der Waals surface area (Å²) in [6.45, 7) is 1.84. The molecule has 1 saturated carbocycles. The summed E-state index contributed by atoms with van der Waals surface area (Å²) >= 11 is 3.43. The second-order valence-electron chi connectivity index (χ2n) is 5.96. The van der Waals surface area contributed by atoms with Crippen LogP contribution in [0.3, 0.4) is 0 Å². The Morgan fingerprint density at radius 2 is 2.13 bits per heavy atom. The highest BCUT2D eigenvalue weighted by Crippen LogP contribution is 2.38. The van der Waals surface area contributed by atoms with E-state index >= 15 is 0 Å². The molecule has 0 amide bonds. The first-order valence-corrected chi connectivity index (χ1v) is 8.14. The molecular formula is C16H14BrN3O3. The molecule has 0 radical (unpaired) electrons. The second-order valence-corrected chi connectivity index (χ2v) is 6.88. The van der Waals surface area contributed by atoms with Crippen LogP contribution in [0.5, 0.6) is 0 Å². The van der Waals surface area contributed by atoms with Crippen LogP contribution in [0.4, 0.5) is 0 Å². The number of hydrogen-bond donors (Lipinski definition) is 1. The number of halogens is 1. The van der Waals surface area contributed by atoms with Gasteiger partial charge < -0.3 is 14.7 Å². The zero-order chi connectivity index (χ0) is 16.2. The molecule has 0 unspecified atom stereocenters. The summed E-state index contributed by atoms with van der Waals surface area (Å²) in [6.07, 6.45) is 2.69. The van der Waals surface area contributed by atoms with Crippen LogP contribution in [0, 0.1) is 6.92 Å². The first-order chi connectivity index (χ1) is 11.0. The van der Waals surface area contributed by atoms with Crippen molar-refractivity contribution in [1.82, 2.24) is 10.1 Å². The Morgan fingerprint density at radius 1 is 1.35 bits per heavy atom. The summed E-state index contributed by atoms with van der Waals surface area (Å²) in [7, 11) is 0. The summed E-state index contributed by atoms with van der Waals surface area (Å²) < 4.78 is 11.6. The minimum atomic E-state index is -0.532. The molecule has 2 aromatic heterocycles. The molecule has 0 spiro atoms. The SMILES string of the molecule is Cc1c(-c2nc(C3(N)CCC3)no2)c(=O)oc2ccc(Br)cc12. The highest BCUT2D eigenvalue weighted by Gasteiger charge is 2.39. The minimum Gasteiger partial charge on any atom is -0.422 e. The van der Waals surface area contributed by atoms with E-state index < -0.39 is 11.2 Å². The molecule has 118 valence electrons. The first-order valence-electron chi connectivity index (χ1n) is 7.34. The quantitative estimate of drug-likeness (QED) is 0.690. The Kier molecular flexibility index (Phi) is 3.18. The average Bonchev–Trinajstić information content (AvgIpc) is 2.95. The Labute approximate surface area is 139 Å². The van der Waals surface area contributed by atoms with Crippen molar-refractivity contribution >= 4 is 26.9 Å². The highest BCUT2D eigenvalue weighted by molar-refractivity contribution is 9.10. The summed E-state index contributed by atoms with van der Waals surface area (Å²) in [5, 5.41) is 4.78. The maximum absolute atomic E-state index is 12.3. The zero-order valence-corrected chi connectivity index (χ0v) is 14.0. The van der Waals surface area contributed by atoms with Gasteiger partial charge in [0, 0.05) is 9.86 Å². The molecule has 2 heterocycles. The third kappa shape index (κ3) is 2.22. The van der Waals surface area contributed by atoms with Crippen LogP contribution in [0.15, 0.2) is 36.4 Å². The van der Waals surface area contributed by atoms with Crippen molar-refractivity contribution in [2.45, 2.75) is 31.7 Å². The van der Waals surface area contributed by atoms with Gasteiger partial charge in [-0.3, -0.25) is 0 Å². The number of rotatable bonds is 2. The molecule has 23 heavy (non-hydrogen) atoms. The summed E-state index contributed by atoms with van der Waals surface area (Å²) in [6, 6.07) is 5.47. The maximum Gasteiger partial charge on any atom is 0.349 e. The van der Waals surface area contributed by atoms with Crippen molar-refractivity contribution in [3.05, 3.63) is 44.5 Å². The number of hydrogen-bond acceptors (Lipinski definition) is 6. The van der Waals surface area contributed by atoms with Crippen LogP contribution >= 0.6 is 15.9 Å². The highest BCUT2D eigenvalue weighted by atomic mass is 79.9. The number of benzene rings is 1. The van der Waals surface area contributed by atoms with E-state index in [1.807, 2.05) is 19.1 Å². The molecule has 7 heteroatoms. The molecule has 1 aromatic carbocycles. The first kappa shape index (κ1) is 14.6. The molecule has 1 fully saturated rings. The lowest BCUT2D eigenvalue weighted by atomic mass is 9.77. The Morgan fingerprint density at radius 3 is 2.83 bits per heavy atom. The number of aromatic nitrogens is 2. The number of nitrogens with two attached hydrogens (primary N) is 1. The van der Waals surface area contributed by atoms with Crippen LogP contribution in [0.1, 0.15) is 30.7 Å². The van der Waals surface area contributed by atoms with E-state index in [1.165, 1.54) is 0 Å². The predicted molar refractivity (Wildman–Crippen MR) is 87.9 cm³/mol. The molecule has 0 saturated heterocycles. The van der Waals surface area contributed by atoms with E-state index in [4.69, 9.17) is 14.7 Å². The monoisotopic (exact) mass is 375 g/mol. The van der Waals surface area contributed by atoms with Crippen molar-refractivity contribution in [3.8, 4) is 11.5 Å². The Bertz CT molecular complexity index is 972. The molecule has 1 aliphatic carbocycles. The fraction of sp³-hybridized carbons (Fsp3) is 0.312. The van der Waals surface area contributed by atoms with Gasteiger partial charge in [-0.15, -0.1) is 0 Å². The third-order valence-corrected chi connectivity index (χ3v) is 4.95. The van der Waals surface area contributed by atoms with E-state index in [2.05, 4.69) is 26.1 Å². The summed E-state index contributed by atoms with van der Waals surface area (Å²) in [5.41, 5.74) is 6.74. The van der Waals surface area contributed by atoms with Gasteiger partial charge in [0.05, 0.1) is 5.54 Å². The van der Waals surface area contributed by atoms with Gasteiger partial charge in [0.2, 0.25) is 0 Å². The fourth-order valence-electron chi connectivity index (χ4n) is 2.88. The van der Waals surface area contributed by atoms with Gasteiger partial charge in [-0.05, 0) is 49.9 Å². The van der Waals surface area contributed by atoms with E-state index in [0.717, 1.165) is 34.7 Å². The van der Waals surface area contributed by atoms with E-state index in [-0.39, 0.29) is 11.5 Å². The van der Waals surface area contributed by atoms with Crippen molar-refractivity contribution in [2.24, 2.45) is 5.73 Å². The molecule has 4 rings (SSSR count). The molecule has 2 N–H and O–H groups in total. The molecule has 6 nitrogen and oxygen atoms in total. The Balaban J connectivity index is 1.90. The fourth-order valence-corrected chi connectivity index (χ4v) is 3.24. The van der Waals surface area contributed by atoms with Gasteiger partial charge >= 0.3 is 5.63 Å². The lowest BCUT2D eigenvalue weighted by Crippen LogP contribution is -2.44. The van der Waals surface area contributed by atoms with Gasteiger partial charge in [0.25, 0.3) is 5.89 Å². The van der Waals surface area contributed by atoms with Gasteiger partial charge in [-0.25, -0.2) is 4.79 Å². The Hall–Kier alpha value is -1.99. The lowest BCUT2D eigenvalue weighted by Gasteiger charge is -2.34. The summed E-state index contributed by atoms with van der Waals surface area (Å²) in [5.74, 6) is 0.608. The van der Waals surface area contributed by atoms with Crippen LogP contribution in [-0.2, 0) is 5.54 Å². The van der Waals surface area contributed by atoms with Gasteiger partial charge in [0.1, 0.15) is 11.1 Å². The van der Waals surface area contributed by atoms with Crippen molar-refractivity contribution in [3.63, 3.8) is 0 Å². The van der Waals surface area contributed by atoms with Crippen LogP contribution in [0.25, 0.3) is 22.4 Å². The molecule has 0 bridgehead atoms. The normalized spacial score (nSPS) is 16.5. The van der Waals surface area contributed by atoms with E-state index in [0.29, 0.717) is 11.4 Å². The lowest BCUT2D eigenvalue weighted by molar-refractivity contribution is 0.229. The molecule has 3 aromatic rings. The summed E-state index contributed by atoms with van der Waals surface area (Å²) in [4.78, 5) is 16.7. The van der Waals surface area contributed by atoms with Gasteiger partial charge in [0.15, 0.2) is 5.82 Å². The molecule has 0 aliphatic heterocycles. The minimum absolute atomic E-state index is 0.157. The topological polar surface area (TPSA) is 95.1 Å². The molecule has 1 aliphatic rings. The largest absolute Gasteiger partial charge is 0.422 e. The zero-order valence-electron chi connectivity index (χ0n) is 12.4. The van der Waals surface area contributed by atoms with Crippen LogP contribution in [-0.4, -0.2) is 10.1 Å². The van der Waals surface area contributed by atoms with Crippen molar-refractivity contribution < 1.29 is 8.94 Å². The second kappa shape index (κ2) is 5.01.